The van der Waals surface area contributed by atoms with Crippen molar-refractivity contribution in [1.29, 1.82) is 0 Å². The van der Waals surface area contributed by atoms with E-state index in [2.05, 4.69) is 5.10 Å². The molecule has 10 heteroatoms. The lowest BCUT2D eigenvalue weighted by molar-refractivity contribution is 0.0599. The first kappa shape index (κ1) is 22.1. The number of aryl methyl sites for hydroxylation is 1. The Kier molecular flexibility index (Phi) is 6.96. The van der Waals surface area contributed by atoms with Crippen molar-refractivity contribution in [2.75, 3.05) is 14.2 Å². The van der Waals surface area contributed by atoms with Crippen molar-refractivity contribution >= 4 is 29.8 Å². The molecule has 30 heavy (non-hydrogen) atoms. The van der Waals surface area contributed by atoms with Crippen molar-refractivity contribution in [3.8, 4) is 5.75 Å². The molecule has 8 nitrogen and oxygen atoms in total. The predicted molar refractivity (Wildman–Crippen MR) is 114 cm³/mol. The van der Waals surface area contributed by atoms with Crippen LogP contribution in [0.3, 0.4) is 0 Å². The Morgan fingerprint density at radius 1 is 1.37 bits per heavy atom. The molecule has 0 radical (unpaired) electrons. The summed E-state index contributed by atoms with van der Waals surface area (Å²) < 4.78 is 20.3. The van der Waals surface area contributed by atoms with Gasteiger partial charge >= 0.3 is 5.97 Å². The topological polar surface area (TPSA) is 74.7 Å². The van der Waals surface area contributed by atoms with Crippen molar-refractivity contribution in [3.63, 3.8) is 0 Å². The highest BCUT2D eigenvalue weighted by atomic mass is 35.5. The first-order valence-electron chi connectivity index (χ1n) is 9.16. The van der Waals surface area contributed by atoms with E-state index in [1.54, 1.807) is 34.4 Å². The molecule has 0 atom stereocenters. The summed E-state index contributed by atoms with van der Waals surface area (Å²) in [6, 6.07) is 8.96. The second kappa shape index (κ2) is 9.46. The van der Waals surface area contributed by atoms with Crippen LogP contribution in [0.1, 0.15) is 27.7 Å². The number of methoxy groups -OCH3 is 1. The van der Waals surface area contributed by atoms with Crippen LogP contribution in [0.5, 0.6) is 5.75 Å². The van der Waals surface area contributed by atoms with Crippen molar-refractivity contribution in [2.45, 2.75) is 26.7 Å². The molecular weight excluding hydrogens is 428 g/mol. The summed E-state index contributed by atoms with van der Waals surface area (Å²) >= 11 is 11.6. The van der Waals surface area contributed by atoms with Crippen molar-refractivity contribution in [3.05, 3.63) is 63.0 Å². The zero-order valence-corrected chi connectivity index (χ0v) is 18.8. The maximum absolute atomic E-state index is 11.7. The molecule has 0 saturated heterocycles. The Balaban J connectivity index is 1.67. The number of aromatic nitrogens is 3. The van der Waals surface area contributed by atoms with E-state index < -0.39 is 5.97 Å². The van der Waals surface area contributed by atoms with E-state index in [4.69, 9.17) is 37.7 Å². The quantitative estimate of drug-likeness (QED) is 0.379. The number of halogens is 1. The average Bonchev–Trinajstić information content (AvgIpc) is 3.21. The SMILES string of the molecule is COC(=O)c1cc(CN(C)Cn2nc(COc3ccccc3Cl)n(C)c2=S)oc1C. The molecule has 0 amide bonds. The van der Waals surface area contributed by atoms with E-state index in [0.717, 1.165) is 0 Å². The standard InChI is InChI=1S/C20H23ClN4O4S/c1-13-15(19(26)27-4)9-14(29-13)10-23(2)12-25-20(30)24(3)18(22-25)11-28-17-8-6-5-7-16(17)21/h5-9H,10-12H2,1-4H3. The fraction of sp³-hybridized carbons (Fsp3) is 0.350. The van der Waals surface area contributed by atoms with Gasteiger partial charge in [0.2, 0.25) is 0 Å². The smallest absolute Gasteiger partial charge is 0.341 e. The minimum atomic E-state index is -0.416. The number of carbonyl (C=O) groups is 1. The number of esters is 1. The number of benzene rings is 1. The van der Waals surface area contributed by atoms with Gasteiger partial charge in [-0.25, -0.2) is 9.48 Å². The van der Waals surface area contributed by atoms with Crippen LogP contribution in [0.2, 0.25) is 5.02 Å². The van der Waals surface area contributed by atoms with Gasteiger partial charge in [0, 0.05) is 7.05 Å². The summed E-state index contributed by atoms with van der Waals surface area (Å²) in [5.74, 6) is 2.03. The molecule has 2 heterocycles. The van der Waals surface area contributed by atoms with E-state index >= 15 is 0 Å². The molecule has 3 aromatic rings. The number of para-hydroxylation sites is 1. The maximum atomic E-state index is 11.7. The Morgan fingerprint density at radius 2 is 2.10 bits per heavy atom. The summed E-state index contributed by atoms with van der Waals surface area (Å²) in [7, 11) is 5.10. The lowest BCUT2D eigenvalue weighted by Gasteiger charge is -2.14. The van der Waals surface area contributed by atoms with Gasteiger partial charge in [0.05, 0.1) is 25.3 Å². The third-order valence-corrected chi connectivity index (χ3v) is 5.30. The molecule has 0 saturated carbocycles. The second-order valence-electron chi connectivity index (χ2n) is 6.81. The highest BCUT2D eigenvalue weighted by Gasteiger charge is 2.17. The van der Waals surface area contributed by atoms with Crippen LogP contribution in [-0.4, -0.2) is 39.4 Å². The largest absolute Gasteiger partial charge is 0.484 e. The van der Waals surface area contributed by atoms with Crippen LogP contribution < -0.4 is 4.74 Å². The van der Waals surface area contributed by atoms with Gasteiger partial charge in [-0.2, -0.15) is 5.10 Å². The molecular formula is C20H23ClN4O4S. The lowest BCUT2D eigenvalue weighted by atomic mass is 10.2. The number of furan rings is 1. The van der Waals surface area contributed by atoms with Gasteiger partial charge in [-0.1, -0.05) is 23.7 Å². The highest BCUT2D eigenvalue weighted by molar-refractivity contribution is 7.71. The van der Waals surface area contributed by atoms with Gasteiger partial charge in [-0.3, -0.25) is 4.90 Å². The van der Waals surface area contributed by atoms with Crippen molar-refractivity contribution in [2.24, 2.45) is 7.05 Å². The molecule has 0 aliphatic rings. The number of hydrogen-bond acceptors (Lipinski definition) is 7. The Labute approximate surface area is 184 Å². The van der Waals surface area contributed by atoms with E-state index in [1.165, 1.54) is 7.11 Å². The van der Waals surface area contributed by atoms with Gasteiger partial charge in [-0.05, 0) is 44.4 Å². The van der Waals surface area contributed by atoms with Crippen LogP contribution in [0.15, 0.2) is 34.7 Å². The molecule has 0 bridgehead atoms. The molecule has 0 unspecified atom stereocenters. The summed E-state index contributed by atoms with van der Waals surface area (Å²) in [5, 5.41) is 5.10. The maximum Gasteiger partial charge on any atom is 0.341 e. The molecule has 2 aromatic heterocycles. The second-order valence-corrected chi connectivity index (χ2v) is 7.58. The Hall–Kier alpha value is -2.62. The Morgan fingerprint density at radius 3 is 2.80 bits per heavy atom. The zero-order chi connectivity index (χ0) is 21.8. The Bertz CT molecular complexity index is 1100. The van der Waals surface area contributed by atoms with Gasteiger partial charge < -0.3 is 18.5 Å². The number of rotatable bonds is 8. The molecule has 0 aliphatic heterocycles. The fourth-order valence-electron chi connectivity index (χ4n) is 2.93. The summed E-state index contributed by atoms with van der Waals surface area (Å²) in [6.07, 6.45) is 0. The molecule has 160 valence electrons. The normalized spacial score (nSPS) is 11.1. The first-order chi connectivity index (χ1) is 14.3. The molecule has 0 spiro atoms. The average molecular weight is 451 g/mol. The minimum Gasteiger partial charge on any atom is -0.484 e. The van der Waals surface area contributed by atoms with E-state index in [0.29, 0.717) is 51.7 Å². The van der Waals surface area contributed by atoms with Crippen LogP contribution in [0.4, 0.5) is 0 Å². The molecule has 0 aliphatic carbocycles. The third kappa shape index (κ3) is 4.92. The van der Waals surface area contributed by atoms with Crippen LogP contribution in [0.25, 0.3) is 0 Å². The van der Waals surface area contributed by atoms with Crippen LogP contribution in [-0.2, 0) is 31.6 Å². The number of hydrogen-bond donors (Lipinski definition) is 0. The first-order valence-corrected chi connectivity index (χ1v) is 9.95. The van der Waals surface area contributed by atoms with E-state index in [-0.39, 0.29) is 6.61 Å². The van der Waals surface area contributed by atoms with E-state index in [1.807, 2.05) is 31.1 Å². The van der Waals surface area contributed by atoms with Crippen LogP contribution >= 0.6 is 23.8 Å². The van der Waals surface area contributed by atoms with Gasteiger partial charge in [-0.15, -0.1) is 0 Å². The predicted octanol–water partition coefficient (Wildman–Crippen LogP) is 3.96. The van der Waals surface area contributed by atoms with Crippen LogP contribution in [0, 0.1) is 11.7 Å². The number of nitrogens with zero attached hydrogens (tertiary/aromatic N) is 4. The molecule has 0 N–H and O–H groups in total. The molecule has 0 fully saturated rings. The summed E-state index contributed by atoms with van der Waals surface area (Å²) in [5.41, 5.74) is 0.425. The zero-order valence-electron chi connectivity index (χ0n) is 17.2. The number of ether oxygens (including phenoxy) is 2. The highest BCUT2D eigenvalue weighted by Crippen LogP contribution is 2.24. The van der Waals surface area contributed by atoms with E-state index in [9.17, 15) is 4.79 Å². The minimum absolute atomic E-state index is 0.237. The molecule has 3 rings (SSSR count). The van der Waals surface area contributed by atoms with Crippen molar-refractivity contribution in [1.82, 2.24) is 19.2 Å². The lowest BCUT2D eigenvalue weighted by Crippen LogP contribution is -2.22. The van der Waals surface area contributed by atoms with Gasteiger partial charge in [0.1, 0.15) is 29.4 Å². The third-order valence-electron chi connectivity index (χ3n) is 4.50. The van der Waals surface area contributed by atoms with Gasteiger partial charge in [0.25, 0.3) is 0 Å². The van der Waals surface area contributed by atoms with Gasteiger partial charge in [0.15, 0.2) is 10.6 Å². The van der Waals surface area contributed by atoms with Crippen molar-refractivity contribution < 1.29 is 18.7 Å². The molecule has 1 aromatic carbocycles. The fourth-order valence-corrected chi connectivity index (χ4v) is 3.33. The monoisotopic (exact) mass is 450 g/mol. The summed E-state index contributed by atoms with van der Waals surface area (Å²) in [4.78, 5) is 13.7. The number of carbonyl (C=O) groups excluding carboxylic acids is 1. The summed E-state index contributed by atoms with van der Waals surface area (Å²) in [6.45, 7) is 2.88.